The van der Waals surface area contributed by atoms with Crippen LogP contribution in [-0.2, 0) is 10.2 Å². The number of hydrogen-bond acceptors (Lipinski definition) is 4. The Bertz CT molecular complexity index is 676. The molecule has 0 spiro atoms. The molecular formula is C19H24N4O. The number of pyridine rings is 1. The first-order chi connectivity index (χ1) is 11.6. The molecule has 1 aliphatic rings. The minimum atomic E-state index is -0.611. The molecule has 0 saturated carbocycles. The van der Waals surface area contributed by atoms with Crippen molar-refractivity contribution in [3.05, 3.63) is 54.2 Å². The second kappa shape index (κ2) is 7.01. The van der Waals surface area contributed by atoms with Crippen molar-refractivity contribution < 1.29 is 4.79 Å². The third kappa shape index (κ3) is 3.57. The van der Waals surface area contributed by atoms with E-state index in [1.165, 1.54) is 0 Å². The average Bonchev–Trinajstić information content (AvgIpc) is 2.64. The number of rotatable bonds is 4. The third-order valence-electron chi connectivity index (χ3n) is 4.53. The summed E-state index contributed by atoms with van der Waals surface area (Å²) in [4.78, 5) is 19.4. The maximum atomic E-state index is 12.7. The highest BCUT2D eigenvalue weighted by atomic mass is 16.2. The number of aromatic nitrogens is 1. The van der Waals surface area contributed by atoms with Crippen molar-refractivity contribution in [1.29, 1.82) is 0 Å². The van der Waals surface area contributed by atoms with Gasteiger partial charge in [-0.3, -0.25) is 4.79 Å². The van der Waals surface area contributed by atoms with Crippen molar-refractivity contribution in [1.82, 2.24) is 10.3 Å². The maximum Gasteiger partial charge on any atom is 0.235 e. The third-order valence-corrected chi connectivity index (χ3v) is 4.53. The normalized spacial score (nSPS) is 15.2. The Morgan fingerprint density at radius 2 is 1.83 bits per heavy atom. The fraction of sp³-hybridized carbons (Fsp3) is 0.368. The Morgan fingerprint density at radius 1 is 1.12 bits per heavy atom. The summed E-state index contributed by atoms with van der Waals surface area (Å²) >= 11 is 0. The van der Waals surface area contributed by atoms with Crippen molar-refractivity contribution >= 4 is 17.4 Å². The van der Waals surface area contributed by atoms with Crippen LogP contribution in [0.2, 0.25) is 0 Å². The Hall–Kier alpha value is -2.40. The molecule has 1 saturated heterocycles. The van der Waals surface area contributed by atoms with Crippen LogP contribution >= 0.6 is 0 Å². The van der Waals surface area contributed by atoms with Gasteiger partial charge in [-0.2, -0.15) is 0 Å². The molecule has 1 aromatic carbocycles. The topological polar surface area (TPSA) is 57.3 Å². The minimum Gasteiger partial charge on any atom is -0.368 e. The van der Waals surface area contributed by atoms with Gasteiger partial charge in [0.05, 0.1) is 17.3 Å². The zero-order valence-electron chi connectivity index (χ0n) is 14.2. The molecule has 5 heteroatoms. The summed E-state index contributed by atoms with van der Waals surface area (Å²) in [5.41, 5.74) is 1.47. The Balaban J connectivity index is 1.68. The fourth-order valence-corrected chi connectivity index (χ4v) is 2.83. The van der Waals surface area contributed by atoms with Crippen LogP contribution in [0.3, 0.4) is 0 Å². The lowest BCUT2D eigenvalue weighted by molar-refractivity contribution is -0.120. The van der Waals surface area contributed by atoms with E-state index in [1.807, 2.05) is 62.5 Å². The van der Waals surface area contributed by atoms with Crippen molar-refractivity contribution in [3.8, 4) is 0 Å². The number of nitrogens with zero attached hydrogens (tertiary/aromatic N) is 2. The molecule has 1 aliphatic heterocycles. The highest BCUT2D eigenvalue weighted by Gasteiger charge is 2.29. The molecule has 126 valence electrons. The molecule has 5 nitrogen and oxygen atoms in total. The van der Waals surface area contributed by atoms with Gasteiger partial charge in [0, 0.05) is 26.2 Å². The van der Waals surface area contributed by atoms with E-state index < -0.39 is 5.41 Å². The first kappa shape index (κ1) is 16.5. The van der Waals surface area contributed by atoms with Gasteiger partial charge in [0.1, 0.15) is 5.82 Å². The van der Waals surface area contributed by atoms with E-state index in [0.717, 1.165) is 37.4 Å². The smallest absolute Gasteiger partial charge is 0.235 e. The zero-order chi connectivity index (χ0) is 17.0. The van der Waals surface area contributed by atoms with Crippen LogP contribution in [-0.4, -0.2) is 37.1 Å². The van der Waals surface area contributed by atoms with Crippen LogP contribution in [0.25, 0.3) is 0 Å². The Morgan fingerprint density at radius 3 is 2.46 bits per heavy atom. The lowest BCUT2D eigenvalue weighted by Crippen LogP contribution is -2.43. The summed E-state index contributed by atoms with van der Waals surface area (Å²) < 4.78 is 0. The maximum absolute atomic E-state index is 12.7. The molecule has 0 unspecified atom stereocenters. The molecule has 2 heterocycles. The van der Waals surface area contributed by atoms with Crippen molar-refractivity contribution in [2.45, 2.75) is 19.3 Å². The van der Waals surface area contributed by atoms with E-state index >= 15 is 0 Å². The summed E-state index contributed by atoms with van der Waals surface area (Å²) in [6.45, 7) is 7.79. The molecule has 0 bridgehead atoms. The van der Waals surface area contributed by atoms with Gasteiger partial charge >= 0.3 is 0 Å². The van der Waals surface area contributed by atoms with Crippen LogP contribution in [0.15, 0.2) is 48.7 Å². The lowest BCUT2D eigenvalue weighted by atomic mass is 9.84. The quantitative estimate of drug-likeness (QED) is 0.907. The van der Waals surface area contributed by atoms with Crippen molar-refractivity contribution in [2.75, 3.05) is 36.4 Å². The van der Waals surface area contributed by atoms with E-state index in [9.17, 15) is 4.79 Å². The number of amides is 1. The average molecular weight is 324 g/mol. The second-order valence-corrected chi connectivity index (χ2v) is 6.58. The van der Waals surface area contributed by atoms with Gasteiger partial charge in [-0.15, -0.1) is 0 Å². The van der Waals surface area contributed by atoms with E-state index in [-0.39, 0.29) is 5.91 Å². The summed E-state index contributed by atoms with van der Waals surface area (Å²) in [7, 11) is 0. The van der Waals surface area contributed by atoms with Crippen LogP contribution in [0, 0.1) is 0 Å². The largest absolute Gasteiger partial charge is 0.368 e. The fourth-order valence-electron chi connectivity index (χ4n) is 2.83. The number of piperazine rings is 1. The monoisotopic (exact) mass is 324 g/mol. The Labute approximate surface area is 143 Å². The number of benzene rings is 1. The summed E-state index contributed by atoms with van der Waals surface area (Å²) in [5.74, 6) is 0.527. The number of carbonyl (C=O) groups is 1. The van der Waals surface area contributed by atoms with Gasteiger partial charge in [-0.05, 0) is 31.5 Å². The van der Waals surface area contributed by atoms with E-state index in [0.29, 0.717) is 5.82 Å². The second-order valence-electron chi connectivity index (χ2n) is 6.58. The summed E-state index contributed by atoms with van der Waals surface area (Å²) in [6.07, 6.45) is 1.83. The molecule has 24 heavy (non-hydrogen) atoms. The van der Waals surface area contributed by atoms with Crippen molar-refractivity contribution in [2.24, 2.45) is 0 Å². The molecule has 3 rings (SSSR count). The summed E-state index contributed by atoms with van der Waals surface area (Å²) in [5, 5.41) is 6.26. The molecule has 0 atom stereocenters. The van der Waals surface area contributed by atoms with Gasteiger partial charge < -0.3 is 15.5 Å². The lowest BCUT2D eigenvalue weighted by Gasteiger charge is -2.29. The van der Waals surface area contributed by atoms with Crippen LogP contribution < -0.4 is 15.5 Å². The highest BCUT2D eigenvalue weighted by Crippen LogP contribution is 2.25. The number of nitrogens with one attached hydrogen (secondary N) is 2. The van der Waals surface area contributed by atoms with Gasteiger partial charge in [0.15, 0.2) is 0 Å². The molecule has 0 radical (unpaired) electrons. The first-order valence-corrected chi connectivity index (χ1v) is 8.36. The molecule has 2 aromatic rings. The molecular weight excluding hydrogens is 300 g/mol. The number of hydrogen-bond donors (Lipinski definition) is 2. The van der Waals surface area contributed by atoms with Crippen molar-refractivity contribution in [3.63, 3.8) is 0 Å². The number of anilines is 2. The molecule has 0 aliphatic carbocycles. The first-order valence-electron chi connectivity index (χ1n) is 8.36. The predicted octanol–water partition coefficient (Wildman–Crippen LogP) is 2.41. The molecule has 2 N–H and O–H groups in total. The number of carbonyl (C=O) groups excluding carboxylic acids is 1. The van der Waals surface area contributed by atoms with Gasteiger partial charge in [-0.25, -0.2) is 4.98 Å². The van der Waals surface area contributed by atoms with Gasteiger partial charge in [0.25, 0.3) is 0 Å². The standard InChI is InChI=1S/C19H24N4O/c1-19(2,15-6-4-3-5-7-15)18(24)22-17-9-8-16(14-21-17)23-12-10-20-11-13-23/h3-9,14,20H,10-13H2,1-2H3,(H,21,22,24). The van der Waals surface area contributed by atoms with Gasteiger partial charge in [0.2, 0.25) is 5.91 Å². The van der Waals surface area contributed by atoms with E-state index in [4.69, 9.17) is 0 Å². The van der Waals surface area contributed by atoms with E-state index in [2.05, 4.69) is 20.5 Å². The van der Waals surface area contributed by atoms with Crippen LogP contribution in [0.1, 0.15) is 19.4 Å². The molecule has 1 aromatic heterocycles. The molecule has 1 amide bonds. The minimum absolute atomic E-state index is 0.0591. The van der Waals surface area contributed by atoms with Gasteiger partial charge in [-0.1, -0.05) is 30.3 Å². The van der Waals surface area contributed by atoms with E-state index in [1.54, 1.807) is 0 Å². The summed E-state index contributed by atoms with van der Waals surface area (Å²) in [6, 6.07) is 13.7. The SMILES string of the molecule is CC(C)(C(=O)Nc1ccc(N2CCNCC2)cn1)c1ccccc1. The van der Waals surface area contributed by atoms with Crippen LogP contribution in [0.4, 0.5) is 11.5 Å². The molecule has 1 fully saturated rings. The highest BCUT2D eigenvalue weighted by molar-refractivity contribution is 5.97. The Kier molecular flexibility index (Phi) is 4.81. The van der Waals surface area contributed by atoms with Crippen LogP contribution in [0.5, 0.6) is 0 Å². The predicted molar refractivity (Wildman–Crippen MR) is 97.4 cm³/mol. The zero-order valence-corrected chi connectivity index (χ0v) is 14.2.